The molecule has 0 amide bonds. The monoisotopic (exact) mass is 287 g/mol. The molecule has 1 aromatic rings. The molecule has 0 saturated carbocycles. The number of ketones is 1. The maximum atomic E-state index is 11.7. The van der Waals surface area contributed by atoms with E-state index in [-0.39, 0.29) is 12.3 Å². The van der Waals surface area contributed by atoms with E-state index in [0.717, 1.165) is 0 Å². The summed E-state index contributed by atoms with van der Waals surface area (Å²) in [5, 5.41) is 2.81. The van der Waals surface area contributed by atoms with Crippen LogP contribution in [0.4, 0.5) is 0 Å². The zero-order valence-corrected chi connectivity index (χ0v) is 11.1. The first-order chi connectivity index (χ1) is 7.63. The van der Waals surface area contributed by atoms with Crippen LogP contribution >= 0.6 is 15.9 Å². The van der Waals surface area contributed by atoms with Crippen LogP contribution in [0.25, 0.3) is 0 Å². The van der Waals surface area contributed by atoms with Gasteiger partial charge in [-0.25, -0.2) is 0 Å². The highest BCUT2D eigenvalue weighted by Gasteiger charge is 2.13. The summed E-state index contributed by atoms with van der Waals surface area (Å²) in [6.07, 6.45) is 0. The van der Waals surface area contributed by atoms with Gasteiger partial charge in [-0.15, -0.1) is 0 Å². The lowest BCUT2D eigenvalue weighted by Gasteiger charge is -2.10. The maximum Gasteiger partial charge on any atom is 0.176 e. The van der Waals surface area contributed by atoms with E-state index in [1.54, 1.807) is 33.4 Å². The van der Waals surface area contributed by atoms with E-state index >= 15 is 0 Å². The van der Waals surface area contributed by atoms with Crippen molar-refractivity contribution in [3.63, 3.8) is 0 Å². The van der Waals surface area contributed by atoms with Crippen LogP contribution < -0.4 is 14.8 Å². The topological polar surface area (TPSA) is 47.6 Å². The van der Waals surface area contributed by atoms with E-state index in [1.165, 1.54) is 0 Å². The number of hydrogen-bond donors (Lipinski definition) is 1. The van der Waals surface area contributed by atoms with Crippen LogP contribution in [0.15, 0.2) is 16.6 Å². The molecule has 0 aliphatic rings. The lowest BCUT2D eigenvalue weighted by Crippen LogP contribution is -2.18. The van der Waals surface area contributed by atoms with Gasteiger partial charge in [0, 0.05) is 5.56 Å². The molecule has 0 aliphatic carbocycles. The van der Waals surface area contributed by atoms with Crippen LogP contribution in [0, 0.1) is 0 Å². The Kier molecular flexibility index (Phi) is 4.76. The third-order valence-corrected chi connectivity index (χ3v) is 2.89. The summed E-state index contributed by atoms with van der Waals surface area (Å²) >= 11 is 3.35. The first-order valence-corrected chi connectivity index (χ1v) is 5.52. The molecule has 0 fully saturated rings. The Morgan fingerprint density at radius 1 is 1.31 bits per heavy atom. The molecule has 0 spiro atoms. The summed E-state index contributed by atoms with van der Waals surface area (Å²) in [5.41, 5.74) is 0.561. The van der Waals surface area contributed by atoms with Crippen molar-refractivity contribution in [2.24, 2.45) is 0 Å². The average Bonchev–Trinajstić information content (AvgIpc) is 2.29. The zero-order chi connectivity index (χ0) is 12.1. The number of halogens is 1. The number of carbonyl (C=O) groups excluding carboxylic acids is 1. The standard InChI is InChI=1S/C11H14BrNO3/c1-13-6-8(14)7-4-9(15-2)11(12)10(5-7)16-3/h4-5,13H,6H2,1-3H3. The molecule has 0 bridgehead atoms. The van der Waals surface area contributed by atoms with Crippen LogP contribution in [0.2, 0.25) is 0 Å². The summed E-state index contributed by atoms with van der Waals surface area (Å²) in [7, 11) is 4.82. The molecule has 0 saturated heterocycles. The second-order valence-corrected chi connectivity index (χ2v) is 3.94. The minimum Gasteiger partial charge on any atom is -0.495 e. The van der Waals surface area contributed by atoms with Crippen LogP contribution in [0.3, 0.4) is 0 Å². The van der Waals surface area contributed by atoms with Gasteiger partial charge in [0.2, 0.25) is 0 Å². The zero-order valence-electron chi connectivity index (χ0n) is 9.46. The fourth-order valence-corrected chi connectivity index (χ4v) is 1.85. The van der Waals surface area contributed by atoms with Crippen molar-refractivity contribution in [1.82, 2.24) is 5.32 Å². The maximum absolute atomic E-state index is 11.7. The van der Waals surface area contributed by atoms with Gasteiger partial charge in [-0.3, -0.25) is 4.79 Å². The Balaban J connectivity index is 3.16. The number of likely N-dealkylation sites (N-methyl/N-ethyl adjacent to an activating group) is 1. The van der Waals surface area contributed by atoms with Gasteiger partial charge < -0.3 is 14.8 Å². The van der Waals surface area contributed by atoms with Crippen LogP contribution in [0.5, 0.6) is 11.5 Å². The summed E-state index contributed by atoms with van der Waals surface area (Å²) < 4.78 is 11.0. The Bertz CT molecular complexity index is 368. The second kappa shape index (κ2) is 5.86. The number of methoxy groups -OCH3 is 2. The molecule has 1 N–H and O–H groups in total. The van der Waals surface area contributed by atoms with Crippen molar-refractivity contribution in [3.05, 3.63) is 22.2 Å². The van der Waals surface area contributed by atoms with E-state index in [4.69, 9.17) is 9.47 Å². The van der Waals surface area contributed by atoms with Crippen molar-refractivity contribution < 1.29 is 14.3 Å². The predicted octanol–water partition coefficient (Wildman–Crippen LogP) is 1.87. The molecule has 5 heteroatoms. The molecule has 0 atom stereocenters. The van der Waals surface area contributed by atoms with Gasteiger partial charge in [-0.1, -0.05) is 0 Å². The van der Waals surface area contributed by atoms with E-state index in [1.807, 2.05) is 0 Å². The number of nitrogens with one attached hydrogen (secondary N) is 1. The van der Waals surface area contributed by atoms with Gasteiger partial charge in [0.25, 0.3) is 0 Å². The van der Waals surface area contributed by atoms with Crippen molar-refractivity contribution in [2.75, 3.05) is 27.8 Å². The third-order valence-electron chi connectivity index (χ3n) is 2.10. The fourth-order valence-electron chi connectivity index (χ4n) is 1.29. The first kappa shape index (κ1) is 13.0. The molecule has 1 rings (SSSR count). The van der Waals surface area contributed by atoms with E-state index in [9.17, 15) is 4.79 Å². The van der Waals surface area contributed by atoms with Gasteiger partial charge in [0.15, 0.2) is 5.78 Å². The second-order valence-electron chi connectivity index (χ2n) is 3.15. The smallest absolute Gasteiger partial charge is 0.176 e. The highest BCUT2D eigenvalue weighted by molar-refractivity contribution is 9.10. The minimum absolute atomic E-state index is 0.00778. The Labute approximate surface area is 103 Å². The molecule has 4 nitrogen and oxygen atoms in total. The van der Waals surface area contributed by atoms with Crippen LogP contribution in [-0.4, -0.2) is 33.6 Å². The molecule has 0 heterocycles. The van der Waals surface area contributed by atoms with Crippen LogP contribution in [0.1, 0.15) is 10.4 Å². The van der Waals surface area contributed by atoms with E-state index in [2.05, 4.69) is 21.2 Å². The number of Topliss-reactive ketones (excluding diaryl/α,β-unsaturated/α-hetero) is 1. The van der Waals surface area contributed by atoms with Crippen LogP contribution in [-0.2, 0) is 0 Å². The molecule has 0 unspecified atom stereocenters. The number of rotatable bonds is 5. The SMILES string of the molecule is CNCC(=O)c1cc(OC)c(Br)c(OC)c1. The van der Waals surface area contributed by atoms with Crippen molar-refractivity contribution >= 4 is 21.7 Å². The molecule has 16 heavy (non-hydrogen) atoms. The Hall–Kier alpha value is -1.07. The normalized spacial score (nSPS) is 10.0. The predicted molar refractivity (Wildman–Crippen MR) is 65.5 cm³/mol. The minimum atomic E-state index is -0.00778. The quantitative estimate of drug-likeness (QED) is 0.840. The summed E-state index contributed by atoms with van der Waals surface area (Å²) in [6.45, 7) is 0.286. The molecule has 0 aromatic heterocycles. The molecule has 0 radical (unpaired) electrons. The third kappa shape index (κ3) is 2.74. The van der Waals surface area contributed by atoms with Crippen molar-refractivity contribution in [3.8, 4) is 11.5 Å². The summed E-state index contributed by atoms with van der Waals surface area (Å²) in [5.74, 6) is 1.16. The first-order valence-electron chi connectivity index (χ1n) is 4.73. The largest absolute Gasteiger partial charge is 0.495 e. The number of ether oxygens (including phenoxy) is 2. The highest BCUT2D eigenvalue weighted by atomic mass is 79.9. The van der Waals surface area contributed by atoms with Gasteiger partial charge in [-0.2, -0.15) is 0 Å². The highest BCUT2D eigenvalue weighted by Crippen LogP contribution is 2.35. The van der Waals surface area contributed by atoms with Crippen molar-refractivity contribution in [2.45, 2.75) is 0 Å². The Morgan fingerprint density at radius 3 is 2.19 bits per heavy atom. The molecule has 0 aliphatic heterocycles. The Morgan fingerprint density at radius 2 is 1.81 bits per heavy atom. The lowest BCUT2D eigenvalue weighted by atomic mass is 10.1. The van der Waals surface area contributed by atoms with E-state index < -0.39 is 0 Å². The summed E-state index contributed by atoms with van der Waals surface area (Å²) in [4.78, 5) is 11.7. The molecular weight excluding hydrogens is 274 g/mol. The summed E-state index contributed by atoms with van der Waals surface area (Å²) in [6, 6.07) is 3.37. The number of benzene rings is 1. The fraction of sp³-hybridized carbons (Fsp3) is 0.364. The van der Waals surface area contributed by atoms with Crippen molar-refractivity contribution in [1.29, 1.82) is 0 Å². The van der Waals surface area contributed by atoms with Gasteiger partial charge in [0.1, 0.15) is 16.0 Å². The average molecular weight is 288 g/mol. The molecule has 1 aromatic carbocycles. The molecule has 88 valence electrons. The van der Waals surface area contributed by atoms with E-state index in [0.29, 0.717) is 21.5 Å². The van der Waals surface area contributed by atoms with Gasteiger partial charge in [-0.05, 0) is 35.1 Å². The number of carbonyl (C=O) groups is 1. The number of hydrogen-bond acceptors (Lipinski definition) is 4. The van der Waals surface area contributed by atoms with Gasteiger partial charge in [0.05, 0.1) is 20.8 Å². The lowest BCUT2D eigenvalue weighted by molar-refractivity contribution is 0.0993. The molecular formula is C11H14BrNO3. The van der Waals surface area contributed by atoms with Gasteiger partial charge >= 0.3 is 0 Å².